The Bertz CT molecular complexity index is 1060. The highest BCUT2D eigenvalue weighted by atomic mass is 35.5. The van der Waals surface area contributed by atoms with E-state index in [4.69, 9.17) is 11.6 Å². The number of hydrogen-bond donors (Lipinski definition) is 1. The second-order valence-corrected chi connectivity index (χ2v) is 7.16. The van der Waals surface area contributed by atoms with Crippen LogP contribution >= 0.6 is 11.6 Å². The van der Waals surface area contributed by atoms with Crippen molar-refractivity contribution >= 4 is 17.5 Å². The van der Waals surface area contributed by atoms with E-state index < -0.39 is 5.82 Å². The van der Waals surface area contributed by atoms with Gasteiger partial charge in [0.15, 0.2) is 0 Å². The fourth-order valence-corrected chi connectivity index (χ4v) is 3.74. The third-order valence-corrected chi connectivity index (χ3v) is 5.32. The summed E-state index contributed by atoms with van der Waals surface area (Å²) in [7, 11) is 0. The Hall–Kier alpha value is -2.93. The molecule has 0 bridgehead atoms. The van der Waals surface area contributed by atoms with Gasteiger partial charge in [-0.2, -0.15) is 5.10 Å². The van der Waals surface area contributed by atoms with Gasteiger partial charge in [-0.15, -0.1) is 0 Å². The lowest BCUT2D eigenvalue weighted by atomic mass is 9.95. The summed E-state index contributed by atoms with van der Waals surface area (Å²) >= 11 is 5.79. The number of H-pyrrole nitrogens is 1. The third-order valence-electron chi connectivity index (χ3n) is 5.03. The molecule has 1 saturated heterocycles. The summed E-state index contributed by atoms with van der Waals surface area (Å²) in [5.74, 6) is 0.00491. The molecular formula is C20H18ClFN4O2. The molecule has 1 N–H and O–H groups in total. The second-order valence-electron chi connectivity index (χ2n) is 6.75. The molecule has 1 aromatic heterocycles. The van der Waals surface area contributed by atoms with Crippen LogP contribution in [0.3, 0.4) is 0 Å². The van der Waals surface area contributed by atoms with E-state index in [1.54, 1.807) is 9.47 Å². The van der Waals surface area contributed by atoms with E-state index in [1.165, 1.54) is 18.2 Å². The van der Waals surface area contributed by atoms with Gasteiger partial charge in [0.1, 0.15) is 11.6 Å². The molecule has 0 spiro atoms. The molecule has 1 aliphatic heterocycles. The predicted octanol–water partition coefficient (Wildman–Crippen LogP) is 3.37. The van der Waals surface area contributed by atoms with Gasteiger partial charge in [0.2, 0.25) is 0 Å². The normalized spacial score (nSPS) is 15.0. The molecule has 1 aliphatic rings. The van der Waals surface area contributed by atoms with Crippen LogP contribution in [0.1, 0.15) is 34.9 Å². The maximum atomic E-state index is 13.3. The Morgan fingerprint density at radius 3 is 2.54 bits per heavy atom. The van der Waals surface area contributed by atoms with Crippen molar-refractivity contribution in [3.63, 3.8) is 0 Å². The van der Waals surface area contributed by atoms with Crippen LogP contribution in [0.15, 0.2) is 53.3 Å². The number of aromatic amines is 1. The van der Waals surface area contributed by atoms with E-state index in [9.17, 15) is 14.0 Å². The third kappa shape index (κ3) is 3.45. The van der Waals surface area contributed by atoms with Crippen LogP contribution in [0.5, 0.6) is 0 Å². The van der Waals surface area contributed by atoms with Crippen molar-refractivity contribution < 1.29 is 9.18 Å². The molecule has 0 atom stereocenters. The molecule has 0 aliphatic carbocycles. The van der Waals surface area contributed by atoms with Crippen LogP contribution in [-0.4, -0.2) is 38.7 Å². The molecule has 0 radical (unpaired) electrons. The molecule has 0 saturated carbocycles. The molecule has 2 aromatic carbocycles. The Kier molecular flexibility index (Phi) is 5.00. The fourth-order valence-electron chi connectivity index (χ4n) is 3.56. The summed E-state index contributed by atoms with van der Waals surface area (Å²) in [5, 5.41) is 6.69. The van der Waals surface area contributed by atoms with Crippen molar-refractivity contribution in [2.45, 2.75) is 18.8 Å². The van der Waals surface area contributed by atoms with Gasteiger partial charge in [-0.3, -0.25) is 4.79 Å². The highest BCUT2D eigenvalue weighted by Gasteiger charge is 2.28. The molecule has 8 heteroatoms. The molecule has 6 nitrogen and oxygen atoms in total. The number of carbonyl (C=O) groups is 1. The highest BCUT2D eigenvalue weighted by Crippen LogP contribution is 2.28. The topological polar surface area (TPSA) is 71.0 Å². The number of likely N-dealkylation sites (tertiary alicyclic amines) is 1. The first-order chi connectivity index (χ1) is 13.5. The van der Waals surface area contributed by atoms with E-state index in [0.29, 0.717) is 37.3 Å². The van der Waals surface area contributed by atoms with Crippen LogP contribution in [-0.2, 0) is 0 Å². The average molecular weight is 401 g/mol. The monoisotopic (exact) mass is 400 g/mol. The number of carbonyl (C=O) groups excluding carboxylic acids is 1. The zero-order chi connectivity index (χ0) is 19.7. The number of hydrogen-bond acceptors (Lipinski definition) is 3. The predicted molar refractivity (Wildman–Crippen MR) is 103 cm³/mol. The lowest BCUT2D eigenvalue weighted by molar-refractivity contribution is 0.0710. The SMILES string of the molecule is O=C(c1ccc(F)c(Cl)c1)N1CCC(c2n[nH]c(=O)n2-c2ccccc2)CC1. The van der Waals surface area contributed by atoms with Crippen molar-refractivity contribution in [3.05, 3.63) is 81.2 Å². The first kappa shape index (κ1) is 18.4. The van der Waals surface area contributed by atoms with Crippen molar-refractivity contribution in [2.24, 2.45) is 0 Å². The quantitative estimate of drug-likeness (QED) is 0.732. The lowest BCUT2D eigenvalue weighted by Crippen LogP contribution is -2.38. The van der Waals surface area contributed by atoms with Gasteiger partial charge >= 0.3 is 5.69 Å². The van der Waals surface area contributed by atoms with Crippen molar-refractivity contribution in [2.75, 3.05) is 13.1 Å². The number of para-hydroxylation sites is 1. The summed E-state index contributed by atoms with van der Waals surface area (Å²) < 4.78 is 14.9. The Morgan fingerprint density at radius 2 is 1.86 bits per heavy atom. The second kappa shape index (κ2) is 7.59. The molecule has 144 valence electrons. The molecule has 0 unspecified atom stereocenters. The van der Waals surface area contributed by atoms with Crippen LogP contribution in [0.25, 0.3) is 5.69 Å². The molecule has 28 heavy (non-hydrogen) atoms. The van der Waals surface area contributed by atoms with Crippen LogP contribution < -0.4 is 5.69 Å². The van der Waals surface area contributed by atoms with Gasteiger partial charge in [-0.1, -0.05) is 29.8 Å². The van der Waals surface area contributed by atoms with Crippen LogP contribution in [0.2, 0.25) is 5.02 Å². The highest BCUT2D eigenvalue weighted by molar-refractivity contribution is 6.31. The maximum Gasteiger partial charge on any atom is 0.347 e. The number of halogens is 2. The summed E-state index contributed by atoms with van der Waals surface area (Å²) in [6.07, 6.45) is 1.36. The van der Waals surface area contributed by atoms with Crippen molar-refractivity contribution in [3.8, 4) is 5.69 Å². The van der Waals surface area contributed by atoms with E-state index in [0.717, 1.165) is 5.69 Å². The summed E-state index contributed by atoms with van der Waals surface area (Å²) in [6, 6.07) is 13.3. The molecule has 1 fully saturated rings. The molecule has 1 amide bonds. The number of benzene rings is 2. The maximum absolute atomic E-state index is 13.3. The zero-order valence-electron chi connectivity index (χ0n) is 14.9. The Morgan fingerprint density at radius 1 is 1.14 bits per heavy atom. The first-order valence-electron chi connectivity index (χ1n) is 9.01. The average Bonchev–Trinajstić information content (AvgIpc) is 3.11. The van der Waals surface area contributed by atoms with Crippen LogP contribution in [0.4, 0.5) is 4.39 Å². The molecular weight excluding hydrogens is 383 g/mol. The number of amides is 1. The minimum Gasteiger partial charge on any atom is -0.339 e. The number of rotatable bonds is 3. The van der Waals surface area contributed by atoms with Crippen molar-refractivity contribution in [1.29, 1.82) is 0 Å². The van der Waals surface area contributed by atoms with E-state index >= 15 is 0 Å². The van der Waals surface area contributed by atoms with Crippen molar-refractivity contribution in [1.82, 2.24) is 19.7 Å². The number of piperidine rings is 1. The molecule has 3 aromatic rings. The Labute approximate surface area is 165 Å². The summed E-state index contributed by atoms with van der Waals surface area (Å²) in [5.41, 5.74) is 0.849. The standard InChI is InChI=1S/C20H18ClFN4O2/c21-16-12-14(6-7-17(16)22)19(27)25-10-8-13(9-11-25)18-23-24-20(28)26(18)15-4-2-1-3-5-15/h1-7,12-13H,8-11H2,(H,24,28). The van der Waals surface area contributed by atoms with E-state index in [2.05, 4.69) is 10.2 Å². The number of nitrogens with one attached hydrogen (secondary N) is 1. The minimum absolute atomic E-state index is 0.0556. The van der Waals surface area contributed by atoms with Gasteiger partial charge in [0, 0.05) is 24.6 Å². The molecule has 4 rings (SSSR count). The first-order valence-corrected chi connectivity index (χ1v) is 9.39. The van der Waals surface area contributed by atoms with Crippen LogP contribution in [0, 0.1) is 5.82 Å². The summed E-state index contributed by atoms with van der Waals surface area (Å²) in [6.45, 7) is 1.04. The molecule has 2 heterocycles. The van der Waals surface area contributed by atoms with Gasteiger partial charge in [0.05, 0.1) is 10.7 Å². The number of aromatic nitrogens is 3. The van der Waals surface area contributed by atoms with Gasteiger partial charge in [0.25, 0.3) is 5.91 Å². The van der Waals surface area contributed by atoms with E-state index in [1.807, 2.05) is 30.3 Å². The zero-order valence-corrected chi connectivity index (χ0v) is 15.7. The fraction of sp³-hybridized carbons (Fsp3) is 0.250. The Balaban J connectivity index is 1.50. The van der Waals surface area contributed by atoms with Gasteiger partial charge in [-0.25, -0.2) is 18.9 Å². The van der Waals surface area contributed by atoms with Gasteiger partial charge in [-0.05, 0) is 43.2 Å². The summed E-state index contributed by atoms with van der Waals surface area (Å²) in [4.78, 5) is 26.6. The largest absolute Gasteiger partial charge is 0.347 e. The lowest BCUT2D eigenvalue weighted by Gasteiger charge is -2.31. The number of nitrogens with zero attached hydrogens (tertiary/aromatic N) is 3. The smallest absolute Gasteiger partial charge is 0.339 e. The van der Waals surface area contributed by atoms with Gasteiger partial charge < -0.3 is 4.90 Å². The van der Waals surface area contributed by atoms with E-state index in [-0.39, 0.29) is 22.5 Å². The minimum atomic E-state index is -0.547.